The number of likely N-dealkylation sites (N-methyl/N-ethyl adjacent to an activating group) is 1. The number of aryl methyl sites for hydroxylation is 1. The standard InChI is InChI=1S/C29H32N4O2/c1-3-32-18-17-24(20-32)30-27(34)21-15-16-25-26(19-21)33(4-2)28(31-25)29(35,22-11-7-5-8-12-22)23-13-9-6-10-14-23/h5-16,19,24,35H,3-4,17-18,20H2,1-2H3,(H,30,34)/t24-/m0/s1. The Morgan fingerprint density at radius 1 is 1.00 bits per heavy atom. The Balaban J connectivity index is 1.57. The molecule has 1 atom stereocenters. The van der Waals surface area contributed by atoms with Gasteiger partial charge in [0.2, 0.25) is 0 Å². The Morgan fingerprint density at radius 2 is 1.66 bits per heavy atom. The van der Waals surface area contributed by atoms with E-state index in [4.69, 9.17) is 4.98 Å². The molecule has 0 aliphatic carbocycles. The van der Waals surface area contributed by atoms with E-state index in [0.717, 1.165) is 48.2 Å². The molecule has 0 bridgehead atoms. The summed E-state index contributed by atoms with van der Waals surface area (Å²) in [6.07, 6.45) is 0.972. The van der Waals surface area contributed by atoms with Crippen molar-refractivity contribution in [3.63, 3.8) is 0 Å². The van der Waals surface area contributed by atoms with Crippen LogP contribution < -0.4 is 5.32 Å². The van der Waals surface area contributed by atoms with Gasteiger partial charge in [0, 0.05) is 31.2 Å². The Labute approximate surface area is 206 Å². The number of likely N-dealkylation sites (tertiary alicyclic amines) is 1. The van der Waals surface area contributed by atoms with Crippen LogP contribution in [0.15, 0.2) is 78.9 Å². The van der Waals surface area contributed by atoms with Gasteiger partial charge in [-0.25, -0.2) is 4.98 Å². The lowest BCUT2D eigenvalue weighted by Gasteiger charge is -2.29. The van der Waals surface area contributed by atoms with E-state index in [0.29, 0.717) is 17.9 Å². The van der Waals surface area contributed by atoms with E-state index in [1.54, 1.807) is 0 Å². The number of imidazole rings is 1. The zero-order valence-electron chi connectivity index (χ0n) is 20.3. The number of nitrogens with one attached hydrogen (secondary N) is 1. The number of amides is 1. The summed E-state index contributed by atoms with van der Waals surface area (Å²) in [5.41, 5.74) is 2.25. The minimum atomic E-state index is -1.44. The molecule has 0 spiro atoms. The number of hydrogen-bond acceptors (Lipinski definition) is 4. The first kappa shape index (κ1) is 23.3. The van der Waals surface area contributed by atoms with Gasteiger partial charge in [0.05, 0.1) is 11.0 Å². The van der Waals surface area contributed by atoms with Crippen molar-refractivity contribution in [2.75, 3.05) is 19.6 Å². The molecule has 1 aromatic heterocycles. The van der Waals surface area contributed by atoms with E-state index in [9.17, 15) is 9.90 Å². The van der Waals surface area contributed by atoms with Crippen LogP contribution >= 0.6 is 0 Å². The number of carbonyl (C=O) groups is 1. The fraction of sp³-hybridized carbons (Fsp3) is 0.310. The molecular formula is C29H32N4O2. The van der Waals surface area contributed by atoms with Gasteiger partial charge in [-0.05, 0) is 49.2 Å². The summed E-state index contributed by atoms with van der Waals surface area (Å²) in [7, 11) is 0. The van der Waals surface area contributed by atoms with E-state index in [1.807, 2.05) is 90.4 Å². The van der Waals surface area contributed by atoms with Crippen molar-refractivity contribution in [1.82, 2.24) is 19.8 Å². The summed E-state index contributed by atoms with van der Waals surface area (Å²) in [5, 5.41) is 15.5. The zero-order chi connectivity index (χ0) is 24.4. The van der Waals surface area contributed by atoms with Crippen LogP contribution in [0.2, 0.25) is 0 Å². The van der Waals surface area contributed by atoms with Crippen molar-refractivity contribution < 1.29 is 9.90 Å². The van der Waals surface area contributed by atoms with E-state index in [-0.39, 0.29) is 11.9 Å². The van der Waals surface area contributed by atoms with Gasteiger partial charge in [-0.1, -0.05) is 67.6 Å². The lowest BCUT2D eigenvalue weighted by Crippen LogP contribution is -2.37. The van der Waals surface area contributed by atoms with Crippen LogP contribution in [0.4, 0.5) is 0 Å². The molecule has 0 saturated carbocycles. The van der Waals surface area contributed by atoms with Gasteiger partial charge in [-0.3, -0.25) is 4.79 Å². The Hall–Kier alpha value is -3.48. The number of carbonyl (C=O) groups excluding carboxylic acids is 1. The zero-order valence-corrected chi connectivity index (χ0v) is 20.3. The summed E-state index contributed by atoms with van der Waals surface area (Å²) >= 11 is 0. The molecule has 1 aliphatic rings. The largest absolute Gasteiger partial charge is 0.373 e. The number of fused-ring (bicyclic) bond motifs is 1. The lowest BCUT2D eigenvalue weighted by atomic mass is 9.85. The highest BCUT2D eigenvalue weighted by molar-refractivity contribution is 5.97. The molecule has 3 aromatic carbocycles. The van der Waals surface area contributed by atoms with Crippen LogP contribution in [-0.4, -0.2) is 51.1 Å². The smallest absolute Gasteiger partial charge is 0.251 e. The van der Waals surface area contributed by atoms with Gasteiger partial charge in [-0.15, -0.1) is 0 Å². The van der Waals surface area contributed by atoms with Crippen molar-refractivity contribution in [3.05, 3.63) is 101 Å². The Bertz CT molecular complexity index is 1280. The number of nitrogens with zero attached hydrogens (tertiary/aromatic N) is 3. The summed E-state index contributed by atoms with van der Waals surface area (Å²) in [6, 6.07) is 25.0. The van der Waals surface area contributed by atoms with Gasteiger partial charge in [0.1, 0.15) is 0 Å². The average molecular weight is 469 g/mol. The molecule has 4 aromatic rings. The molecule has 5 rings (SSSR count). The van der Waals surface area contributed by atoms with Crippen LogP contribution in [0.3, 0.4) is 0 Å². The lowest BCUT2D eigenvalue weighted by molar-refractivity contribution is 0.0938. The highest BCUT2D eigenvalue weighted by atomic mass is 16.3. The SMILES string of the molecule is CCN1CC[C@H](NC(=O)c2ccc3nc(C(O)(c4ccccc4)c4ccccc4)n(CC)c3c2)C1. The monoisotopic (exact) mass is 468 g/mol. The van der Waals surface area contributed by atoms with Gasteiger partial charge in [-0.2, -0.15) is 0 Å². The second-order valence-corrected chi connectivity index (χ2v) is 9.18. The summed E-state index contributed by atoms with van der Waals surface area (Å²) in [5.74, 6) is 0.473. The molecule has 6 nitrogen and oxygen atoms in total. The van der Waals surface area contributed by atoms with Gasteiger partial charge in [0.15, 0.2) is 11.4 Å². The number of aliphatic hydroxyl groups is 1. The van der Waals surface area contributed by atoms with Gasteiger partial charge >= 0.3 is 0 Å². The molecule has 1 amide bonds. The number of aromatic nitrogens is 2. The summed E-state index contributed by atoms with van der Waals surface area (Å²) < 4.78 is 2.01. The van der Waals surface area contributed by atoms with Crippen molar-refractivity contribution in [2.24, 2.45) is 0 Å². The molecule has 35 heavy (non-hydrogen) atoms. The Morgan fingerprint density at radius 3 is 2.23 bits per heavy atom. The topological polar surface area (TPSA) is 70.4 Å². The normalized spacial score (nSPS) is 16.6. The molecule has 1 saturated heterocycles. The van der Waals surface area contributed by atoms with Gasteiger partial charge in [0.25, 0.3) is 5.91 Å². The van der Waals surface area contributed by atoms with Crippen molar-refractivity contribution in [2.45, 2.75) is 38.5 Å². The predicted molar refractivity (Wildman–Crippen MR) is 138 cm³/mol. The second kappa shape index (κ2) is 9.64. The maximum absolute atomic E-state index is 13.1. The van der Waals surface area contributed by atoms with E-state index in [2.05, 4.69) is 17.1 Å². The maximum Gasteiger partial charge on any atom is 0.251 e. The second-order valence-electron chi connectivity index (χ2n) is 9.18. The third kappa shape index (κ3) is 4.24. The minimum absolute atomic E-state index is 0.0679. The Kier molecular flexibility index (Phi) is 6.41. The first-order valence-corrected chi connectivity index (χ1v) is 12.4. The summed E-state index contributed by atoms with van der Waals surface area (Å²) in [6.45, 7) is 7.70. The van der Waals surface area contributed by atoms with Crippen LogP contribution in [0, 0.1) is 0 Å². The van der Waals surface area contributed by atoms with E-state index in [1.165, 1.54) is 0 Å². The van der Waals surface area contributed by atoms with Crippen LogP contribution in [0.5, 0.6) is 0 Å². The fourth-order valence-corrected chi connectivity index (χ4v) is 5.15. The van der Waals surface area contributed by atoms with Crippen LogP contribution in [-0.2, 0) is 12.1 Å². The van der Waals surface area contributed by atoms with Gasteiger partial charge < -0.3 is 19.9 Å². The van der Waals surface area contributed by atoms with E-state index < -0.39 is 5.60 Å². The van der Waals surface area contributed by atoms with Crippen molar-refractivity contribution in [1.29, 1.82) is 0 Å². The molecule has 2 N–H and O–H groups in total. The first-order chi connectivity index (χ1) is 17.0. The van der Waals surface area contributed by atoms with Crippen LogP contribution in [0.1, 0.15) is 47.6 Å². The van der Waals surface area contributed by atoms with Crippen molar-refractivity contribution >= 4 is 16.9 Å². The number of benzene rings is 3. The molecule has 1 aliphatic heterocycles. The third-order valence-corrected chi connectivity index (χ3v) is 7.09. The average Bonchev–Trinajstić information content (AvgIpc) is 3.53. The van der Waals surface area contributed by atoms with Crippen LogP contribution in [0.25, 0.3) is 11.0 Å². The van der Waals surface area contributed by atoms with Crippen molar-refractivity contribution in [3.8, 4) is 0 Å². The third-order valence-electron chi connectivity index (χ3n) is 7.09. The summed E-state index contributed by atoms with van der Waals surface area (Å²) in [4.78, 5) is 20.3. The molecule has 2 heterocycles. The molecule has 0 unspecified atom stereocenters. The number of hydrogen-bond donors (Lipinski definition) is 2. The molecule has 180 valence electrons. The minimum Gasteiger partial charge on any atom is -0.373 e. The van der Waals surface area contributed by atoms with E-state index >= 15 is 0 Å². The predicted octanol–water partition coefficient (Wildman–Crippen LogP) is 4.16. The fourth-order valence-electron chi connectivity index (χ4n) is 5.15. The molecule has 0 radical (unpaired) electrons. The first-order valence-electron chi connectivity index (χ1n) is 12.4. The highest BCUT2D eigenvalue weighted by Gasteiger charge is 2.38. The molecular weight excluding hydrogens is 436 g/mol. The maximum atomic E-state index is 13.1. The quantitative estimate of drug-likeness (QED) is 0.427. The molecule has 1 fully saturated rings. The molecule has 6 heteroatoms. The number of rotatable bonds is 7. The highest BCUT2D eigenvalue weighted by Crippen LogP contribution is 2.37.